The van der Waals surface area contributed by atoms with E-state index in [1.165, 1.54) is 0 Å². The van der Waals surface area contributed by atoms with Crippen LogP contribution in [0, 0.1) is 0 Å². The zero-order valence-corrected chi connectivity index (χ0v) is 17.9. The third kappa shape index (κ3) is 7.06. The minimum absolute atomic E-state index is 0.00817. The maximum absolute atomic E-state index is 11.9. The molecule has 0 saturated heterocycles. The average molecular weight is 421 g/mol. The van der Waals surface area contributed by atoms with Crippen LogP contribution in [0.2, 0.25) is 10.0 Å². The van der Waals surface area contributed by atoms with E-state index in [-0.39, 0.29) is 5.91 Å². The predicted molar refractivity (Wildman–Crippen MR) is 117 cm³/mol. The highest BCUT2D eigenvalue weighted by molar-refractivity contribution is 6.34. The van der Waals surface area contributed by atoms with Gasteiger partial charge < -0.3 is 15.5 Å². The van der Waals surface area contributed by atoms with Gasteiger partial charge in [-0.05, 0) is 54.8 Å². The number of aliphatic imine (C=N–C) groups is 1. The number of nitrogens with zero attached hydrogens (tertiary/aromatic N) is 2. The summed E-state index contributed by atoms with van der Waals surface area (Å²) >= 11 is 12.1. The predicted octanol–water partition coefficient (Wildman–Crippen LogP) is 3.99. The fourth-order valence-electron chi connectivity index (χ4n) is 2.60. The van der Waals surface area contributed by atoms with E-state index in [0.717, 1.165) is 30.1 Å². The summed E-state index contributed by atoms with van der Waals surface area (Å²) in [6.07, 6.45) is 0.784. The second kappa shape index (κ2) is 10.9. The van der Waals surface area contributed by atoms with Gasteiger partial charge in [0.2, 0.25) is 0 Å². The van der Waals surface area contributed by atoms with Crippen LogP contribution >= 0.6 is 23.2 Å². The van der Waals surface area contributed by atoms with Crippen molar-refractivity contribution >= 4 is 35.1 Å². The average Bonchev–Trinajstić information content (AvgIpc) is 2.65. The van der Waals surface area contributed by atoms with E-state index in [1.807, 2.05) is 43.3 Å². The first-order chi connectivity index (χ1) is 13.4. The van der Waals surface area contributed by atoms with Crippen molar-refractivity contribution in [1.82, 2.24) is 15.5 Å². The van der Waals surface area contributed by atoms with Gasteiger partial charge in [-0.15, -0.1) is 0 Å². The monoisotopic (exact) mass is 420 g/mol. The zero-order chi connectivity index (χ0) is 20.5. The molecule has 0 saturated carbocycles. The second-order valence-corrected chi connectivity index (χ2v) is 7.42. The first-order valence-electron chi connectivity index (χ1n) is 9.16. The molecule has 0 aliphatic heterocycles. The standard InChI is InChI=1S/C21H26Cl2N4O/c1-4-24-21(25-10-9-16-11-18(22)13-19(23)12-16)26-14-15-5-7-17(8-6-15)20(28)27(2)3/h5-8,11-13H,4,9-10,14H2,1-3H3,(H2,24,25,26). The Morgan fingerprint density at radius 3 is 2.21 bits per heavy atom. The number of benzene rings is 2. The van der Waals surface area contributed by atoms with Crippen LogP contribution in [0.4, 0.5) is 0 Å². The number of halogens is 2. The number of rotatable bonds is 7. The van der Waals surface area contributed by atoms with Crippen molar-refractivity contribution in [2.75, 3.05) is 27.2 Å². The Kier molecular flexibility index (Phi) is 8.61. The maximum atomic E-state index is 11.9. The summed E-state index contributed by atoms with van der Waals surface area (Å²) in [6.45, 7) is 4.02. The normalized spacial score (nSPS) is 11.2. The third-order valence-corrected chi connectivity index (χ3v) is 4.44. The Morgan fingerprint density at radius 2 is 1.64 bits per heavy atom. The molecular formula is C21H26Cl2N4O. The molecule has 0 fully saturated rings. The van der Waals surface area contributed by atoms with Gasteiger partial charge in [0.15, 0.2) is 5.96 Å². The lowest BCUT2D eigenvalue weighted by atomic mass is 10.1. The van der Waals surface area contributed by atoms with E-state index < -0.39 is 0 Å². The summed E-state index contributed by atoms with van der Waals surface area (Å²) < 4.78 is 0. The first kappa shape index (κ1) is 22.1. The molecule has 0 atom stereocenters. The molecule has 0 heterocycles. The number of nitrogens with one attached hydrogen (secondary N) is 2. The van der Waals surface area contributed by atoms with Crippen molar-refractivity contribution in [2.45, 2.75) is 19.9 Å². The van der Waals surface area contributed by atoms with Crippen molar-refractivity contribution in [3.63, 3.8) is 0 Å². The van der Waals surface area contributed by atoms with E-state index in [0.29, 0.717) is 28.7 Å². The van der Waals surface area contributed by atoms with E-state index in [2.05, 4.69) is 15.6 Å². The molecule has 0 aliphatic carbocycles. The van der Waals surface area contributed by atoms with Crippen LogP contribution in [0.3, 0.4) is 0 Å². The van der Waals surface area contributed by atoms with Gasteiger partial charge in [-0.25, -0.2) is 4.99 Å². The van der Waals surface area contributed by atoms with Gasteiger partial charge in [0.05, 0.1) is 6.54 Å². The summed E-state index contributed by atoms with van der Waals surface area (Å²) in [6, 6.07) is 13.1. The molecule has 150 valence electrons. The van der Waals surface area contributed by atoms with Crippen molar-refractivity contribution in [1.29, 1.82) is 0 Å². The van der Waals surface area contributed by atoms with Gasteiger partial charge in [0, 0.05) is 42.8 Å². The van der Waals surface area contributed by atoms with Gasteiger partial charge >= 0.3 is 0 Å². The number of guanidine groups is 1. The molecule has 2 aromatic rings. The minimum atomic E-state index is -0.00817. The van der Waals surface area contributed by atoms with Crippen molar-refractivity contribution in [3.8, 4) is 0 Å². The van der Waals surface area contributed by atoms with Crippen LogP contribution in [-0.4, -0.2) is 44.0 Å². The summed E-state index contributed by atoms with van der Waals surface area (Å²) in [7, 11) is 3.48. The van der Waals surface area contributed by atoms with E-state index >= 15 is 0 Å². The topological polar surface area (TPSA) is 56.7 Å². The number of hydrogen-bond donors (Lipinski definition) is 2. The molecule has 0 spiro atoms. The molecule has 0 bridgehead atoms. The fourth-order valence-corrected chi connectivity index (χ4v) is 3.17. The summed E-state index contributed by atoms with van der Waals surface area (Å²) in [5.74, 6) is 0.732. The summed E-state index contributed by atoms with van der Waals surface area (Å²) in [5, 5.41) is 7.82. The first-order valence-corrected chi connectivity index (χ1v) is 9.92. The van der Waals surface area contributed by atoms with Crippen molar-refractivity contribution in [3.05, 3.63) is 69.2 Å². The molecule has 0 radical (unpaired) electrons. The van der Waals surface area contributed by atoms with Crippen LogP contribution in [0.1, 0.15) is 28.4 Å². The fraction of sp³-hybridized carbons (Fsp3) is 0.333. The highest BCUT2D eigenvalue weighted by Gasteiger charge is 2.07. The van der Waals surface area contributed by atoms with Gasteiger partial charge in [0.25, 0.3) is 5.91 Å². The molecule has 28 heavy (non-hydrogen) atoms. The Balaban J connectivity index is 1.93. The molecule has 1 amide bonds. The third-order valence-electron chi connectivity index (χ3n) is 4.00. The van der Waals surface area contributed by atoms with E-state index in [1.54, 1.807) is 25.1 Å². The SMILES string of the molecule is CCNC(=NCc1ccc(C(=O)N(C)C)cc1)NCCc1cc(Cl)cc(Cl)c1. The van der Waals surface area contributed by atoms with Crippen LogP contribution < -0.4 is 10.6 Å². The lowest BCUT2D eigenvalue weighted by Gasteiger charge is -2.12. The molecule has 0 aromatic heterocycles. The lowest BCUT2D eigenvalue weighted by Crippen LogP contribution is -2.38. The Hall–Kier alpha value is -2.24. The highest BCUT2D eigenvalue weighted by atomic mass is 35.5. The number of hydrogen-bond acceptors (Lipinski definition) is 2. The number of carbonyl (C=O) groups excluding carboxylic acids is 1. The molecular weight excluding hydrogens is 395 g/mol. The van der Waals surface area contributed by atoms with Gasteiger partial charge in [0.1, 0.15) is 0 Å². The quantitative estimate of drug-likeness (QED) is 0.525. The Labute approximate surface area is 176 Å². The molecule has 2 N–H and O–H groups in total. The smallest absolute Gasteiger partial charge is 0.253 e. The number of amides is 1. The van der Waals surface area contributed by atoms with E-state index in [9.17, 15) is 4.79 Å². The molecule has 7 heteroatoms. The van der Waals surface area contributed by atoms with Crippen LogP contribution in [0.5, 0.6) is 0 Å². The van der Waals surface area contributed by atoms with Crippen LogP contribution in [-0.2, 0) is 13.0 Å². The maximum Gasteiger partial charge on any atom is 0.253 e. The molecule has 2 aromatic carbocycles. The summed E-state index contributed by atoms with van der Waals surface area (Å²) in [4.78, 5) is 18.1. The molecule has 0 aliphatic rings. The van der Waals surface area contributed by atoms with Gasteiger partial charge in [-0.2, -0.15) is 0 Å². The molecule has 2 rings (SSSR count). The van der Waals surface area contributed by atoms with Gasteiger partial charge in [-0.3, -0.25) is 4.79 Å². The Morgan fingerprint density at radius 1 is 1.00 bits per heavy atom. The molecule has 5 nitrogen and oxygen atoms in total. The van der Waals surface area contributed by atoms with Crippen LogP contribution in [0.25, 0.3) is 0 Å². The highest BCUT2D eigenvalue weighted by Crippen LogP contribution is 2.19. The summed E-state index contributed by atoms with van der Waals surface area (Å²) in [5.41, 5.74) is 2.78. The lowest BCUT2D eigenvalue weighted by molar-refractivity contribution is 0.0827. The largest absolute Gasteiger partial charge is 0.357 e. The van der Waals surface area contributed by atoms with Crippen molar-refractivity contribution in [2.24, 2.45) is 4.99 Å². The number of carbonyl (C=O) groups is 1. The second-order valence-electron chi connectivity index (χ2n) is 6.55. The Bertz CT molecular complexity index is 799. The van der Waals surface area contributed by atoms with E-state index in [4.69, 9.17) is 23.2 Å². The molecule has 0 unspecified atom stereocenters. The van der Waals surface area contributed by atoms with Crippen molar-refractivity contribution < 1.29 is 4.79 Å². The van der Waals surface area contributed by atoms with Crippen LogP contribution in [0.15, 0.2) is 47.5 Å². The van der Waals surface area contributed by atoms with Gasteiger partial charge in [-0.1, -0.05) is 35.3 Å². The minimum Gasteiger partial charge on any atom is -0.357 e. The zero-order valence-electron chi connectivity index (χ0n) is 16.4.